The summed E-state index contributed by atoms with van der Waals surface area (Å²) in [7, 11) is 2.95. The minimum atomic E-state index is -0.653. The lowest BCUT2D eigenvalue weighted by molar-refractivity contribution is 0.378. The van der Waals surface area contributed by atoms with Crippen LogP contribution in [0.5, 0.6) is 11.5 Å². The van der Waals surface area contributed by atoms with Crippen molar-refractivity contribution in [2.75, 3.05) is 14.2 Å². The maximum absolute atomic E-state index is 12.9. The number of halogens is 1. The zero-order chi connectivity index (χ0) is 13.8. The smallest absolute Gasteiger partial charge is 0.240 e. The predicted molar refractivity (Wildman–Crippen MR) is 65.5 cm³/mol. The van der Waals surface area contributed by atoms with E-state index in [0.29, 0.717) is 34.3 Å². The number of nitrogens with two attached hydrogens (primary N) is 1. The summed E-state index contributed by atoms with van der Waals surface area (Å²) in [6, 6.07) is 3.16. The summed E-state index contributed by atoms with van der Waals surface area (Å²) in [4.78, 5) is 4.11. The van der Waals surface area contributed by atoms with Crippen LogP contribution in [-0.4, -0.2) is 24.4 Å². The molecule has 0 unspecified atom stereocenters. The molecule has 2 aromatic rings. The van der Waals surface area contributed by atoms with E-state index in [-0.39, 0.29) is 6.54 Å². The van der Waals surface area contributed by atoms with Gasteiger partial charge in [0.15, 0.2) is 0 Å². The normalized spacial score (nSPS) is 10.5. The van der Waals surface area contributed by atoms with E-state index < -0.39 is 6.67 Å². The molecule has 0 atom stereocenters. The van der Waals surface area contributed by atoms with Crippen LogP contribution >= 0.6 is 0 Å². The van der Waals surface area contributed by atoms with Crippen molar-refractivity contribution in [1.29, 1.82) is 0 Å². The number of hydrogen-bond acceptors (Lipinski definition) is 6. The van der Waals surface area contributed by atoms with E-state index in [1.807, 2.05) is 0 Å². The molecule has 0 spiro atoms. The lowest BCUT2D eigenvalue weighted by Crippen LogP contribution is -1.97. The first-order chi connectivity index (χ1) is 9.23. The molecule has 7 heteroatoms. The third-order valence-electron chi connectivity index (χ3n) is 2.63. The van der Waals surface area contributed by atoms with Crippen LogP contribution in [0.3, 0.4) is 0 Å². The Morgan fingerprint density at radius 1 is 1.26 bits per heavy atom. The van der Waals surface area contributed by atoms with Crippen molar-refractivity contribution >= 4 is 0 Å². The molecule has 1 heterocycles. The summed E-state index contributed by atoms with van der Waals surface area (Å²) in [5.74, 6) is 1.47. The SMILES string of the molecule is COc1cc(-c2noc(CN)n2)c(OC)cc1CF. The number of methoxy groups -OCH3 is 2. The van der Waals surface area contributed by atoms with Crippen LogP contribution in [0.15, 0.2) is 16.7 Å². The lowest BCUT2D eigenvalue weighted by Gasteiger charge is -2.11. The van der Waals surface area contributed by atoms with Gasteiger partial charge in [0.05, 0.1) is 26.3 Å². The standard InChI is InChI=1S/C12H14FN3O3/c1-17-9-4-8(10(18-2)3-7(9)5-13)12-15-11(6-14)19-16-12/h3-4H,5-6,14H2,1-2H3. The number of aromatic nitrogens is 2. The number of benzene rings is 1. The van der Waals surface area contributed by atoms with E-state index in [1.165, 1.54) is 14.2 Å². The van der Waals surface area contributed by atoms with E-state index >= 15 is 0 Å². The molecule has 1 aromatic carbocycles. The molecule has 0 aliphatic carbocycles. The molecular formula is C12H14FN3O3. The fourth-order valence-electron chi connectivity index (χ4n) is 1.69. The Morgan fingerprint density at radius 3 is 2.53 bits per heavy atom. The van der Waals surface area contributed by atoms with Gasteiger partial charge < -0.3 is 19.7 Å². The molecule has 0 saturated carbocycles. The monoisotopic (exact) mass is 267 g/mol. The minimum absolute atomic E-state index is 0.148. The third-order valence-corrected chi connectivity index (χ3v) is 2.63. The van der Waals surface area contributed by atoms with Gasteiger partial charge >= 0.3 is 0 Å². The topological polar surface area (TPSA) is 83.4 Å². The minimum Gasteiger partial charge on any atom is -0.496 e. The van der Waals surface area contributed by atoms with Crippen molar-refractivity contribution in [3.63, 3.8) is 0 Å². The number of hydrogen-bond donors (Lipinski definition) is 1. The molecule has 2 N–H and O–H groups in total. The summed E-state index contributed by atoms with van der Waals surface area (Å²) in [5, 5.41) is 3.80. The summed E-state index contributed by atoms with van der Waals surface area (Å²) in [5.41, 5.74) is 6.36. The van der Waals surface area contributed by atoms with Gasteiger partial charge in [-0.2, -0.15) is 4.98 Å². The van der Waals surface area contributed by atoms with Crippen LogP contribution in [0.25, 0.3) is 11.4 Å². The van der Waals surface area contributed by atoms with E-state index in [1.54, 1.807) is 12.1 Å². The Balaban J connectivity index is 2.54. The van der Waals surface area contributed by atoms with Crippen LogP contribution in [0.2, 0.25) is 0 Å². The highest BCUT2D eigenvalue weighted by Gasteiger charge is 2.17. The van der Waals surface area contributed by atoms with Gasteiger partial charge in [0.1, 0.15) is 18.2 Å². The van der Waals surface area contributed by atoms with E-state index in [2.05, 4.69) is 10.1 Å². The molecule has 0 radical (unpaired) electrons. The van der Waals surface area contributed by atoms with E-state index in [4.69, 9.17) is 19.7 Å². The molecule has 0 amide bonds. The molecule has 0 aliphatic rings. The van der Waals surface area contributed by atoms with Crippen molar-refractivity contribution in [3.05, 3.63) is 23.6 Å². The second kappa shape index (κ2) is 5.66. The zero-order valence-corrected chi connectivity index (χ0v) is 10.6. The first-order valence-electron chi connectivity index (χ1n) is 5.57. The van der Waals surface area contributed by atoms with Gasteiger partial charge in [-0.25, -0.2) is 4.39 Å². The van der Waals surface area contributed by atoms with Gasteiger partial charge in [-0.15, -0.1) is 0 Å². The van der Waals surface area contributed by atoms with Gasteiger partial charge in [0.25, 0.3) is 0 Å². The highest BCUT2D eigenvalue weighted by Crippen LogP contribution is 2.35. The number of ether oxygens (including phenoxy) is 2. The van der Waals surface area contributed by atoms with Gasteiger partial charge in [-0.3, -0.25) is 0 Å². The van der Waals surface area contributed by atoms with Crippen LogP contribution in [-0.2, 0) is 13.2 Å². The maximum Gasteiger partial charge on any atom is 0.240 e. The summed E-state index contributed by atoms with van der Waals surface area (Å²) < 4.78 is 28.2. The van der Waals surface area contributed by atoms with Gasteiger partial charge in [-0.1, -0.05) is 5.16 Å². The highest BCUT2D eigenvalue weighted by atomic mass is 19.1. The number of nitrogens with zero attached hydrogens (tertiary/aromatic N) is 2. The fourth-order valence-corrected chi connectivity index (χ4v) is 1.69. The molecule has 0 bridgehead atoms. The van der Waals surface area contributed by atoms with Crippen LogP contribution in [0, 0.1) is 0 Å². The Morgan fingerprint density at radius 2 is 2.00 bits per heavy atom. The Labute approximate surface area is 109 Å². The Bertz CT molecular complexity index is 571. The summed E-state index contributed by atoms with van der Waals surface area (Å²) in [6.45, 7) is -0.505. The van der Waals surface area contributed by atoms with E-state index in [0.717, 1.165) is 0 Å². The van der Waals surface area contributed by atoms with Crippen LogP contribution < -0.4 is 15.2 Å². The van der Waals surface area contributed by atoms with Crippen molar-refractivity contribution < 1.29 is 18.4 Å². The maximum atomic E-state index is 12.9. The fraction of sp³-hybridized carbons (Fsp3) is 0.333. The first kappa shape index (κ1) is 13.3. The largest absolute Gasteiger partial charge is 0.496 e. The Kier molecular flexibility index (Phi) is 3.96. The van der Waals surface area contributed by atoms with E-state index in [9.17, 15) is 4.39 Å². The van der Waals surface area contributed by atoms with Crippen LogP contribution in [0.4, 0.5) is 4.39 Å². The third kappa shape index (κ3) is 2.50. The molecule has 0 aliphatic heterocycles. The van der Waals surface area contributed by atoms with Crippen LogP contribution in [0.1, 0.15) is 11.5 Å². The van der Waals surface area contributed by atoms with Gasteiger partial charge in [0.2, 0.25) is 11.7 Å². The highest BCUT2D eigenvalue weighted by molar-refractivity contribution is 5.67. The predicted octanol–water partition coefficient (Wildman–Crippen LogP) is 1.68. The van der Waals surface area contributed by atoms with Gasteiger partial charge in [-0.05, 0) is 12.1 Å². The molecule has 2 rings (SSSR count). The quantitative estimate of drug-likeness (QED) is 0.887. The molecule has 102 valence electrons. The summed E-state index contributed by atoms with van der Waals surface area (Å²) in [6.07, 6.45) is 0. The summed E-state index contributed by atoms with van der Waals surface area (Å²) >= 11 is 0. The number of alkyl halides is 1. The average Bonchev–Trinajstić information content (AvgIpc) is 2.94. The van der Waals surface area contributed by atoms with Crippen molar-refractivity contribution in [2.24, 2.45) is 5.73 Å². The second-order valence-electron chi connectivity index (χ2n) is 3.71. The molecular weight excluding hydrogens is 253 g/mol. The molecule has 0 saturated heterocycles. The molecule has 0 fully saturated rings. The Hall–Kier alpha value is -2.15. The van der Waals surface area contributed by atoms with Crippen molar-refractivity contribution in [3.8, 4) is 22.9 Å². The second-order valence-corrected chi connectivity index (χ2v) is 3.71. The molecule has 1 aromatic heterocycles. The molecule has 19 heavy (non-hydrogen) atoms. The van der Waals surface area contributed by atoms with Crippen molar-refractivity contribution in [1.82, 2.24) is 10.1 Å². The average molecular weight is 267 g/mol. The first-order valence-corrected chi connectivity index (χ1v) is 5.57. The molecule has 6 nitrogen and oxygen atoms in total. The van der Waals surface area contributed by atoms with Gasteiger partial charge in [0, 0.05) is 5.56 Å². The van der Waals surface area contributed by atoms with Crippen molar-refractivity contribution in [2.45, 2.75) is 13.2 Å². The number of rotatable bonds is 5. The zero-order valence-electron chi connectivity index (χ0n) is 10.6. The lowest BCUT2D eigenvalue weighted by atomic mass is 10.1.